The molecule has 2 aromatic carbocycles. The van der Waals surface area contributed by atoms with Crippen molar-refractivity contribution in [3.05, 3.63) is 71.0 Å². The Labute approximate surface area is 155 Å². The van der Waals surface area contributed by atoms with Crippen molar-refractivity contribution in [1.82, 2.24) is 4.90 Å². The number of rotatable bonds is 6. The molecule has 0 unspecified atom stereocenters. The summed E-state index contributed by atoms with van der Waals surface area (Å²) in [5.41, 5.74) is 0.200. The van der Waals surface area contributed by atoms with Crippen LogP contribution in [0.5, 0.6) is 0 Å². The second-order valence-corrected chi connectivity index (χ2v) is 6.92. The number of nitrogens with zero attached hydrogens (tertiary/aromatic N) is 1. The highest BCUT2D eigenvalue weighted by Crippen LogP contribution is 2.37. The van der Waals surface area contributed by atoms with Gasteiger partial charge in [-0.05, 0) is 55.5 Å². The van der Waals surface area contributed by atoms with E-state index in [4.69, 9.17) is 0 Å². The van der Waals surface area contributed by atoms with E-state index in [-0.39, 0.29) is 30.6 Å². The number of carbonyl (C=O) groups excluding carboxylic acids is 1. The van der Waals surface area contributed by atoms with Gasteiger partial charge in [0.1, 0.15) is 5.82 Å². The van der Waals surface area contributed by atoms with Crippen LogP contribution in [0.1, 0.15) is 48.9 Å². The summed E-state index contributed by atoms with van der Waals surface area (Å²) in [5.74, 6) is -0.514. The zero-order chi connectivity index (χ0) is 19.6. The minimum atomic E-state index is -4.42. The molecule has 2 aromatic rings. The van der Waals surface area contributed by atoms with Crippen LogP contribution in [0.3, 0.4) is 0 Å². The minimum Gasteiger partial charge on any atom is -0.333 e. The van der Waals surface area contributed by atoms with Gasteiger partial charge in [0.2, 0.25) is 5.91 Å². The largest absolute Gasteiger partial charge is 0.416 e. The van der Waals surface area contributed by atoms with E-state index in [1.54, 1.807) is 36.1 Å². The SMILES string of the molecule is C[C@@H](c1cccc(C(F)(F)F)c1)N(C(=O)CCc1ccccc1F)C1CC1. The third-order valence-electron chi connectivity index (χ3n) is 4.91. The van der Waals surface area contributed by atoms with E-state index < -0.39 is 17.8 Å². The lowest BCUT2D eigenvalue weighted by atomic mass is 10.0. The summed E-state index contributed by atoms with van der Waals surface area (Å²) in [5, 5.41) is 0. The van der Waals surface area contributed by atoms with Crippen molar-refractivity contribution >= 4 is 5.91 Å². The minimum absolute atomic E-state index is 0.0441. The molecule has 0 spiro atoms. The van der Waals surface area contributed by atoms with Gasteiger partial charge in [-0.2, -0.15) is 13.2 Å². The van der Waals surface area contributed by atoms with E-state index in [2.05, 4.69) is 0 Å². The first-order valence-electron chi connectivity index (χ1n) is 8.99. The number of alkyl halides is 3. The highest BCUT2D eigenvalue weighted by atomic mass is 19.4. The first kappa shape index (κ1) is 19.4. The lowest BCUT2D eigenvalue weighted by Crippen LogP contribution is -2.35. The topological polar surface area (TPSA) is 20.3 Å². The summed E-state index contributed by atoms with van der Waals surface area (Å²) in [4.78, 5) is 14.5. The van der Waals surface area contributed by atoms with Crippen molar-refractivity contribution in [2.75, 3.05) is 0 Å². The molecule has 27 heavy (non-hydrogen) atoms. The number of amides is 1. The third kappa shape index (κ3) is 4.67. The number of hydrogen-bond donors (Lipinski definition) is 0. The lowest BCUT2D eigenvalue weighted by molar-refractivity contribution is -0.137. The molecule has 1 amide bonds. The van der Waals surface area contributed by atoms with Crippen molar-refractivity contribution in [2.45, 2.75) is 50.9 Å². The molecule has 0 N–H and O–H groups in total. The molecule has 0 radical (unpaired) electrons. The molecule has 2 nitrogen and oxygen atoms in total. The Bertz CT molecular complexity index is 814. The third-order valence-corrected chi connectivity index (χ3v) is 4.91. The molecule has 144 valence electrons. The molecule has 1 aliphatic carbocycles. The first-order chi connectivity index (χ1) is 12.8. The molecular formula is C21H21F4NO. The molecule has 0 heterocycles. The van der Waals surface area contributed by atoms with Crippen molar-refractivity contribution in [1.29, 1.82) is 0 Å². The van der Waals surface area contributed by atoms with E-state index in [1.807, 2.05) is 0 Å². The summed E-state index contributed by atoms with van der Waals surface area (Å²) >= 11 is 0. The fourth-order valence-corrected chi connectivity index (χ4v) is 3.30. The van der Waals surface area contributed by atoms with Gasteiger partial charge in [0.15, 0.2) is 0 Å². The predicted octanol–water partition coefficient (Wildman–Crippen LogP) is 5.53. The molecular weight excluding hydrogens is 358 g/mol. The summed E-state index contributed by atoms with van der Waals surface area (Å²) in [6.45, 7) is 1.74. The van der Waals surface area contributed by atoms with Crippen LogP contribution in [0.4, 0.5) is 17.6 Å². The van der Waals surface area contributed by atoms with Gasteiger partial charge in [0, 0.05) is 12.5 Å². The summed E-state index contributed by atoms with van der Waals surface area (Å²) in [6, 6.07) is 11.0. The average molecular weight is 379 g/mol. The predicted molar refractivity (Wildman–Crippen MR) is 94.4 cm³/mol. The molecule has 0 bridgehead atoms. The number of carbonyl (C=O) groups is 1. The van der Waals surface area contributed by atoms with E-state index in [1.165, 1.54) is 12.1 Å². The molecule has 1 fully saturated rings. The Hall–Kier alpha value is -2.37. The van der Waals surface area contributed by atoms with Crippen LogP contribution in [0.25, 0.3) is 0 Å². The number of aryl methyl sites for hydroxylation is 1. The highest BCUT2D eigenvalue weighted by Gasteiger charge is 2.37. The van der Waals surface area contributed by atoms with Gasteiger partial charge in [0.25, 0.3) is 0 Å². The Morgan fingerprint density at radius 1 is 1.15 bits per heavy atom. The van der Waals surface area contributed by atoms with E-state index >= 15 is 0 Å². The van der Waals surface area contributed by atoms with Gasteiger partial charge in [0.05, 0.1) is 11.6 Å². The Balaban J connectivity index is 1.75. The number of benzene rings is 2. The molecule has 0 aliphatic heterocycles. The Morgan fingerprint density at radius 2 is 1.85 bits per heavy atom. The van der Waals surface area contributed by atoms with Crippen LogP contribution in [0, 0.1) is 5.82 Å². The highest BCUT2D eigenvalue weighted by molar-refractivity contribution is 5.77. The molecule has 6 heteroatoms. The zero-order valence-corrected chi connectivity index (χ0v) is 15.0. The zero-order valence-electron chi connectivity index (χ0n) is 15.0. The number of hydrogen-bond acceptors (Lipinski definition) is 1. The van der Waals surface area contributed by atoms with E-state index in [0.29, 0.717) is 11.1 Å². The molecule has 3 rings (SSSR count). The maximum atomic E-state index is 13.8. The van der Waals surface area contributed by atoms with E-state index in [0.717, 1.165) is 25.0 Å². The van der Waals surface area contributed by atoms with Gasteiger partial charge in [-0.15, -0.1) is 0 Å². The van der Waals surface area contributed by atoms with Gasteiger partial charge >= 0.3 is 6.18 Å². The molecule has 0 aromatic heterocycles. The van der Waals surface area contributed by atoms with E-state index in [9.17, 15) is 22.4 Å². The standard InChI is InChI=1S/C21H21F4NO/c1-14(16-6-4-7-17(13-16)21(23,24)25)26(18-10-11-18)20(27)12-9-15-5-2-3-8-19(15)22/h2-8,13-14,18H,9-12H2,1H3/t14-/m0/s1. The van der Waals surface area contributed by atoms with Crippen LogP contribution >= 0.6 is 0 Å². The Morgan fingerprint density at radius 3 is 2.48 bits per heavy atom. The van der Waals surface area contributed by atoms with Crippen LogP contribution in [-0.4, -0.2) is 16.8 Å². The summed E-state index contributed by atoms with van der Waals surface area (Å²) in [6.07, 6.45) is -2.34. The van der Waals surface area contributed by atoms with Crippen LogP contribution in [-0.2, 0) is 17.4 Å². The quantitative estimate of drug-likeness (QED) is 0.605. The normalized spacial score (nSPS) is 15.4. The lowest BCUT2D eigenvalue weighted by Gasteiger charge is -2.30. The molecule has 1 saturated carbocycles. The Kier molecular flexibility index (Phi) is 5.53. The van der Waals surface area contributed by atoms with Gasteiger partial charge in [-0.25, -0.2) is 4.39 Å². The van der Waals surface area contributed by atoms with Crippen molar-refractivity contribution < 1.29 is 22.4 Å². The second kappa shape index (κ2) is 7.71. The van der Waals surface area contributed by atoms with Gasteiger partial charge in [-0.3, -0.25) is 4.79 Å². The number of halogens is 4. The molecule has 0 saturated heterocycles. The maximum absolute atomic E-state index is 13.8. The maximum Gasteiger partial charge on any atom is 0.416 e. The smallest absolute Gasteiger partial charge is 0.333 e. The van der Waals surface area contributed by atoms with Crippen molar-refractivity contribution in [2.24, 2.45) is 0 Å². The summed E-state index contributed by atoms with van der Waals surface area (Å²) in [7, 11) is 0. The van der Waals surface area contributed by atoms with Crippen molar-refractivity contribution in [3.63, 3.8) is 0 Å². The fourth-order valence-electron chi connectivity index (χ4n) is 3.30. The monoisotopic (exact) mass is 379 g/mol. The van der Waals surface area contributed by atoms with Gasteiger partial charge in [-0.1, -0.05) is 30.3 Å². The van der Waals surface area contributed by atoms with Crippen LogP contribution in [0.15, 0.2) is 48.5 Å². The van der Waals surface area contributed by atoms with Crippen LogP contribution < -0.4 is 0 Å². The van der Waals surface area contributed by atoms with Crippen molar-refractivity contribution in [3.8, 4) is 0 Å². The van der Waals surface area contributed by atoms with Gasteiger partial charge < -0.3 is 4.90 Å². The summed E-state index contributed by atoms with van der Waals surface area (Å²) < 4.78 is 52.7. The second-order valence-electron chi connectivity index (χ2n) is 6.92. The molecule has 1 atom stereocenters. The first-order valence-corrected chi connectivity index (χ1v) is 8.99. The average Bonchev–Trinajstić information content (AvgIpc) is 3.45. The molecule has 1 aliphatic rings. The van der Waals surface area contributed by atoms with Crippen LogP contribution in [0.2, 0.25) is 0 Å². The fraction of sp³-hybridized carbons (Fsp3) is 0.381.